The summed E-state index contributed by atoms with van der Waals surface area (Å²) in [6.07, 6.45) is 0. The maximum atomic E-state index is 13.3. The summed E-state index contributed by atoms with van der Waals surface area (Å²) in [5.41, 5.74) is 0.781. The first kappa shape index (κ1) is 29.3. The molecule has 0 spiro atoms. The van der Waals surface area contributed by atoms with Crippen molar-refractivity contribution in [3.05, 3.63) is 82.3 Å². The van der Waals surface area contributed by atoms with Crippen molar-refractivity contribution in [2.75, 3.05) is 49.1 Å². The molecule has 0 atom stereocenters. The molecule has 3 aromatic rings. The lowest BCUT2D eigenvalue weighted by Gasteiger charge is -2.26. The number of carbonyl (C=O) groups excluding carboxylic acids is 1. The zero-order chi connectivity index (χ0) is 28.2. The minimum Gasteiger partial charge on any atom is -0.394 e. The molecule has 0 aliphatic carbocycles. The lowest BCUT2D eigenvalue weighted by Crippen LogP contribution is -2.40. The second-order valence-corrected chi connectivity index (χ2v) is 13.0. The third-order valence-electron chi connectivity index (χ3n) is 5.92. The van der Waals surface area contributed by atoms with Crippen LogP contribution in [0.1, 0.15) is 10.4 Å². The second kappa shape index (κ2) is 12.2. The first-order valence-corrected chi connectivity index (χ1v) is 15.4. The highest BCUT2D eigenvalue weighted by molar-refractivity contribution is 7.92. The molecule has 2 N–H and O–H groups in total. The Labute approximate surface area is 236 Å². The molecule has 4 rings (SSSR count). The van der Waals surface area contributed by atoms with Crippen LogP contribution in [0.25, 0.3) is 0 Å². The van der Waals surface area contributed by atoms with E-state index in [1.54, 1.807) is 0 Å². The van der Waals surface area contributed by atoms with E-state index in [1.807, 2.05) is 0 Å². The first-order valence-electron chi connectivity index (χ1n) is 11.7. The van der Waals surface area contributed by atoms with Crippen LogP contribution < -0.4 is 9.62 Å². The number of nitrogens with one attached hydrogen (secondary N) is 1. The van der Waals surface area contributed by atoms with Gasteiger partial charge in [0.25, 0.3) is 15.9 Å². The molecule has 0 bridgehead atoms. The molecule has 14 heteroatoms. The molecule has 3 aromatic carbocycles. The zero-order valence-corrected chi connectivity index (χ0v) is 23.6. The van der Waals surface area contributed by atoms with Gasteiger partial charge >= 0.3 is 0 Å². The number of rotatable bonds is 9. The highest BCUT2D eigenvalue weighted by Gasteiger charge is 2.27. The van der Waals surface area contributed by atoms with Gasteiger partial charge in [-0.25, -0.2) is 16.8 Å². The molecule has 1 heterocycles. The maximum absolute atomic E-state index is 13.3. The van der Waals surface area contributed by atoms with Crippen molar-refractivity contribution >= 4 is 60.5 Å². The normalized spacial score (nSPS) is 14.6. The number of hydrogen-bond acceptors (Lipinski definition) is 7. The largest absolute Gasteiger partial charge is 0.394 e. The highest BCUT2D eigenvalue weighted by atomic mass is 35.5. The molecule has 1 fully saturated rings. The molecule has 1 aliphatic heterocycles. The number of aliphatic hydroxyl groups is 1. The Kier molecular flexibility index (Phi) is 9.17. The van der Waals surface area contributed by atoms with E-state index in [2.05, 4.69) is 5.32 Å². The SMILES string of the molecule is O=C(Nc1ccc(S(=O)(=O)N(CCO)c2ccc(Cl)c(Cl)c2)cc1)c1ccc(S(=O)(=O)N2CCOCC2)cc1. The van der Waals surface area contributed by atoms with Crippen LogP contribution in [-0.2, 0) is 24.8 Å². The van der Waals surface area contributed by atoms with Gasteiger partial charge in [0.1, 0.15) is 0 Å². The van der Waals surface area contributed by atoms with Crippen LogP contribution >= 0.6 is 23.2 Å². The average molecular weight is 615 g/mol. The summed E-state index contributed by atoms with van der Waals surface area (Å²) in [7, 11) is -7.77. The van der Waals surface area contributed by atoms with Gasteiger partial charge in [-0.15, -0.1) is 0 Å². The number of ether oxygens (including phenoxy) is 1. The van der Waals surface area contributed by atoms with Gasteiger partial charge in [-0.05, 0) is 66.7 Å². The van der Waals surface area contributed by atoms with Crippen LogP contribution in [0.4, 0.5) is 11.4 Å². The molecule has 1 amide bonds. The average Bonchev–Trinajstić information content (AvgIpc) is 2.94. The second-order valence-electron chi connectivity index (χ2n) is 8.42. The van der Waals surface area contributed by atoms with E-state index >= 15 is 0 Å². The quantitative estimate of drug-likeness (QED) is 0.377. The molecule has 0 saturated carbocycles. The number of anilines is 2. The van der Waals surface area contributed by atoms with E-state index < -0.39 is 32.6 Å². The summed E-state index contributed by atoms with van der Waals surface area (Å²) >= 11 is 12.0. The minimum absolute atomic E-state index is 0.0716. The van der Waals surface area contributed by atoms with Gasteiger partial charge in [-0.3, -0.25) is 9.10 Å². The molecule has 0 unspecified atom stereocenters. The van der Waals surface area contributed by atoms with E-state index in [0.717, 1.165) is 4.31 Å². The number of hydrogen-bond donors (Lipinski definition) is 2. The van der Waals surface area contributed by atoms with Crippen molar-refractivity contribution in [3.63, 3.8) is 0 Å². The van der Waals surface area contributed by atoms with E-state index in [0.29, 0.717) is 18.9 Å². The molecule has 0 radical (unpaired) electrons. The molecule has 0 aromatic heterocycles. The van der Waals surface area contributed by atoms with Crippen LogP contribution in [0.3, 0.4) is 0 Å². The molecule has 10 nitrogen and oxygen atoms in total. The summed E-state index contributed by atoms with van der Waals surface area (Å²) < 4.78 is 59.7. The summed E-state index contributed by atoms with van der Waals surface area (Å²) in [6.45, 7) is 0.544. The summed E-state index contributed by atoms with van der Waals surface area (Å²) in [6, 6.07) is 15.4. The Morgan fingerprint density at radius 2 is 1.51 bits per heavy atom. The number of amides is 1. The lowest BCUT2D eigenvalue weighted by atomic mass is 10.2. The van der Waals surface area contributed by atoms with Crippen LogP contribution in [0.5, 0.6) is 0 Å². The fraction of sp³-hybridized carbons (Fsp3) is 0.240. The van der Waals surface area contributed by atoms with Crippen molar-refractivity contribution in [1.82, 2.24) is 4.31 Å². The Morgan fingerprint density at radius 1 is 0.897 bits per heavy atom. The van der Waals surface area contributed by atoms with Gasteiger partial charge < -0.3 is 15.2 Å². The Bertz CT molecular complexity index is 1540. The molecule has 1 saturated heterocycles. The van der Waals surface area contributed by atoms with Gasteiger partial charge in [0.2, 0.25) is 10.0 Å². The Morgan fingerprint density at radius 3 is 2.10 bits per heavy atom. The van der Waals surface area contributed by atoms with Crippen molar-refractivity contribution in [1.29, 1.82) is 0 Å². The predicted molar refractivity (Wildman–Crippen MR) is 148 cm³/mol. The van der Waals surface area contributed by atoms with E-state index in [-0.39, 0.29) is 50.7 Å². The number of aliphatic hydroxyl groups excluding tert-OH is 1. The van der Waals surface area contributed by atoms with E-state index in [9.17, 15) is 26.7 Å². The van der Waals surface area contributed by atoms with E-state index in [1.165, 1.54) is 71.0 Å². The first-order chi connectivity index (χ1) is 18.5. The van der Waals surface area contributed by atoms with Crippen molar-refractivity contribution in [2.45, 2.75) is 9.79 Å². The highest BCUT2D eigenvalue weighted by Crippen LogP contribution is 2.30. The Balaban J connectivity index is 1.47. The number of sulfonamides is 2. The fourth-order valence-corrected chi connectivity index (χ4v) is 7.02. The molecule has 208 valence electrons. The van der Waals surface area contributed by atoms with Gasteiger partial charge in [-0.2, -0.15) is 4.31 Å². The Hall–Kier alpha value is -2.71. The van der Waals surface area contributed by atoms with Crippen molar-refractivity contribution in [3.8, 4) is 0 Å². The molecule has 1 aliphatic rings. The number of morpholine rings is 1. The molecular weight excluding hydrogens is 589 g/mol. The third-order valence-corrected chi connectivity index (χ3v) is 10.4. The monoisotopic (exact) mass is 613 g/mol. The lowest BCUT2D eigenvalue weighted by molar-refractivity contribution is 0.0730. The number of halogens is 2. The van der Waals surface area contributed by atoms with Gasteiger partial charge in [0.05, 0.1) is 51.9 Å². The van der Waals surface area contributed by atoms with Crippen molar-refractivity contribution in [2.24, 2.45) is 0 Å². The van der Waals surface area contributed by atoms with Crippen LogP contribution in [0.2, 0.25) is 10.0 Å². The van der Waals surface area contributed by atoms with Crippen molar-refractivity contribution < 1.29 is 31.5 Å². The summed E-state index contributed by atoms with van der Waals surface area (Å²) in [4.78, 5) is 12.7. The minimum atomic E-state index is -4.08. The van der Waals surface area contributed by atoms with Gasteiger partial charge in [0, 0.05) is 24.3 Å². The summed E-state index contributed by atoms with van der Waals surface area (Å²) in [5, 5.41) is 12.5. The van der Waals surface area contributed by atoms with Crippen LogP contribution in [0, 0.1) is 0 Å². The maximum Gasteiger partial charge on any atom is 0.264 e. The molecule has 39 heavy (non-hydrogen) atoms. The third kappa shape index (κ3) is 6.55. The van der Waals surface area contributed by atoms with Crippen LogP contribution in [-0.4, -0.2) is 71.6 Å². The number of benzene rings is 3. The number of nitrogens with zero attached hydrogens (tertiary/aromatic N) is 2. The smallest absolute Gasteiger partial charge is 0.264 e. The summed E-state index contributed by atoms with van der Waals surface area (Å²) in [5.74, 6) is -0.501. The molecular formula is C25H25Cl2N3O7S2. The zero-order valence-electron chi connectivity index (χ0n) is 20.5. The fourth-order valence-electron chi connectivity index (χ4n) is 3.87. The standard InChI is InChI=1S/C25H25Cl2N3O7S2/c26-23-10-5-20(17-24(23)27)30(11-14-31)39(35,36)22-8-3-19(4-9-22)28-25(32)18-1-6-21(7-2-18)38(33,34)29-12-15-37-16-13-29/h1-10,17,31H,11-16H2,(H,28,32). The topological polar surface area (TPSA) is 133 Å². The van der Waals surface area contributed by atoms with E-state index in [4.69, 9.17) is 27.9 Å². The number of carbonyl (C=O) groups is 1. The predicted octanol–water partition coefficient (Wildman–Crippen LogP) is 3.45. The van der Waals surface area contributed by atoms with Gasteiger partial charge in [-0.1, -0.05) is 23.2 Å². The van der Waals surface area contributed by atoms with Crippen LogP contribution in [0.15, 0.2) is 76.5 Å². The van der Waals surface area contributed by atoms with Gasteiger partial charge in [0.15, 0.2) is 0 Å².